The van der Waals surface area contributed by atoms with Crippen molar-refractivity contribution < 1.29 is 0 Å². The Morgan fingerprint density at radius 3 is 2.75 bits per heavy atom. The average Bonchev–Trinajstić information content (AvgIpc) is 2.44. The van der Waals surface area contributed by atoms with E-state index in [-0.39, 0.29) is 0 Å². The summed E-state index contributed by atoms with van der Waals surface area (Å²) < 4.78 is 0. The highest BCUT2D eigenvalue weighted by Crippen LogP contribution is 2.44. The van der Waals surface area contributed by atoms with Crippen LogP contribution < -0.4 is 4.90 Å². The van der Waals surface area contributed by atoms with Gasteiger partial charge in [0.25, 0.3) is 0 Å². The van der Waals surface area contributed by atoms with E-state index < -0.39 is 0 Å². The molecule has 2 rings (SSSR count). The Morgan fingerprint density at radius 1 is 1.33 bits per heavy atom. The number of nitrogens with zero attached hydrogens (tertiary/aromatic N) is 1. The predicted molar refractivity (Wildman–Crippen MR) is 54.5 cm³/mol. The zero-order chi connectivity index (χ0) is 8.55. The Hall–Kier alpha value is -0.890. The van der Waals surface area contributed by atoms with Gasteiger partial charge in [0.05, 0.1) is 10.7 Å². The lowest BCUT2D eigenvalue weighted by molar-refractivity contribution is 1.17. The van der Waals surface area contributed by atoms with E-state index in [2.05, 4.69) is 49.2 Å². The molecule has 0 saturated heterocycles. The van der Waals surface area contributed by atoms with E-state index in [1.807, 2.05) is 11.8 Å². The molecule has 0 amide bonds. The van der Waals surface area contributed by atoms with E-state index in [0.717, 1.165) is 0 Å². The third kappa shape index (κ3) is 1.03. The second-order valence-electron chi connectivity index (χ2n) is 2.76. The number of fused-ring (bicyclic) bond motifs is 1. The maximum Gasteiger partial charge on any atom is 0.0755 e. The van der Waals surface area contributed by atoms with E-state index >= 15 is 0 Å². The van der Waals surface area contributed by atoms with Gasteiger partial charge in [0.2, 0.25) is 0 Å². The topological polar surface area (TPSA) is 3.24 Å². The summed E-state index contributed by atoms with van der Waals surface area (Å²) in [7, 11) is 2.11. The quantitative estimate of drug-likeness (QED) is 0.599. The van der Waals surface area contributed by atoms with Gasteiger partial charge >= 0.3 is 0 Å². The number of anilines is 1. The van der Waals surface area contributed by atoms with E-state index in [4.69, 9.17) is 0 Å². The first-order chi connectivity index (χ1) is 5.83. The van der Waals surface area contributed by atoms with Gasteiger partial charge in [0.1, 0.15) is 0 Å². The van der Waals surface area contributed by atoms with Crippen molar-refractivity contribution in [1.82, 2.24) is 0 Å². The highest BCUT2D eigenvalue weighted by atomic mass is 32.2. The van der Waals surface area contributed by atoms with Gasteiger partial charge in [-0.1, -0.05) is 30.0 Å². The van der Waals surface area contributed by atoms with Gasteiger partial charge in [-0.05, 0) is 19.1 Å². The first kappa shape index (κ1) is 7.74. The van der Waals surface area contributed by atoms with Gasteiger partial charge < -0.3 is 4.90 Å². The minimum Gasteiger partial charge on any atom is -0.338 e. The Morgan fingerprint density at radius 2 is 2.08 bits per heavy atom. The molecule has 12 heavy (non-hydrogen) atoms. The van der Waals surface area contributed by atoms with Crippen LogP contribution in [-0.4, -0.2) is 7.05 Å². The number of benzene rings is 1. The first-order valence-electron chi connectivity index (χ1n) is 4.00. The van der Waals surface area contributed by atoms with Gasteiger partial charge in [0, 0.05) is 11.9 Å². The summed E-state index contributed by atoms with van der Waals surface area (Å²) >= 11 is 1.83. The summed E-state index contributed by atoms with van der Waals surface area (Å²) in [5.41, 5.74) is 1.32. The molecule has 0 bridgehead atoms. The maximum absolute atomic E-state index is 2.22. The molecule has 1 aromatic rings. The van der Waals surface area contributed by atoms with Crippen molar-refractivity contribution >= 4 is 17.4 Å². The summed E-state index contributed by atoms with van der Waals surface area (Å²) in [6, 6.07) is 8.47. The van der Waals surface area contributed by atoms with Crippen LogP contribution in [0.1, 0.15) is 6.92 Å². The minimum absolute atomic E-state index is 1.32. The number of para-hydroxylation sites is 1. The Balaban J connectivity index is 2.49. The molecule has 0 spiro atoms. The molecule has 2 heteroatoms. The minimum atomic E-state index is 1.32. The second-order valence-corrected chi connectivity index (χ2v) is 3.82. The largest absolute Gasteiger partial charge is 0.338 e. The normalized spacial score (nSPS) is 18.5. The third-order valence-corrected chi connectivity index (χ3v) is 3.30. The number of hydrogen-bond acceptors (Lipinski definition) is 2. The molecule has 0 fully saturated rings. The summed E-state index contributed by atoms with van der Waals surface area (Å²) in [5, 5.41) is 1.32. The van der Waals surface area contributed by atoms with Crippen LogP contribution in [0.25, 0.3) is 0 Å². The SMILES string of the molecule is C/C=C1/Sc2ccccc2N1C. The zero-order valence-electron chi connectivity index (χ0n) is 7.24. The summed E-state index contributed by atoms with van der Waals surface area (Å²) in [5.74, 6) is 0. The van der Waals surface area contributed by atoms with Crippen molar-refractivity contribution in [3.05, 3.63) is 35.4 Å². The van der Waals surface area contributed by atoms with Crippen molar-refractivity contribution in [3.63, 3.8) is 0 Å². The van der Waals surface area contributed by atoms with E-state index in [1.54, 1.807) is 0 Å². The van der Waals surface area contributed by atoms with E-state index in [0.29, 0.717) is 0 Å². The highest BCUT2D eigenvalue weighted by molar-refractivity contribution is 8.03. The molecule has 0 aromatic heterocycles. The van der Waals surface area contributed by atoms with Gasteiger partial charge in [0.15, 0.2) is 0 Å². The van der Waals surface area contributed by atoms with Crippen LogP contribution in [0, 0.1) is 0 Å². The summed E-state index contributed by atoms with van der Waals surface area (Å²) in [4.78, 5) is 3.58. The molecule has 1 aromatic carbocycles. The molecule has 0 N–H and O–H groups in total. The lowest BCUT2D eigenvalue weighted by Crippen LogP contribution is -2.08. The van der Waals surface area contributed by atoms with Gasteiger partial charge in [-0.2, -0.15) is 0 Å². The van der Waals surface area contributed by atoms with Gasteiger partial charge in [-0.3, -0.25) is 0 Å². The second kappa shape index (κ2) is 2.87. The molecule has 1 aliphatic rings. The molecule has 62 valence electrons. The molecule has 0 unspecified atom stereocenters. The van der Waals surface area contributed by atoms with Crippen molar-refractivity contribution in [2.75, 3.05) is 11.9 Å². The third-order valence-electron chi connectivity index (χ3n) is 2.02. The zero-order valence-corrected chi connectivity index (χ0v) is 8.06. The average molecular weight is 177 g/mol. The first-order valence-corrected chi connectivity index (χ1v) is 4.81. The number of thioether (sulfide) groups is 1. The lowest BCUT2D eigenvalue weighted by atomic mass is 10.3. The van der Waals surface area contributed by atoms with Crippen LogP contribution >= 0.6 is 11.8 Å². The van der Waals surface area contributed by atoms with Crippen LogP contribution in [-0.2, 0) is 0 Å². The van der Waals surface area contributed by atoms with E-state index in [1.165, 1.54) is 15.6 Å². The number of allylic oxidation sites excluding steroid dienone is 1. The molecule has 0 saturated carbocycles. The molecule has 1 aliphatic heterocycles. The highest BCUT2D eigenvalue weighted by Gasteiger charge is 2.19. The fourth-order valence-electron chi connectivity index (χ4n) is 1.37. The smallest absolute Gasteiger partial charge is 0.0755 e. The van der Waals surface area contributed by atoms with Crippen molar-refractivity contribution in [1.29, 1.82) is 0 Å². The number of rotatable bonds is 0. The lowest BCUT2D eigenvalue weighted by Gasteiger charge is -2.12. The molecular weight excluding hydrogens is 166 g/mol. The molecule has 1 heterocycles. The van der Waals surface area contributed by atoms with Crippen LogP contribution in [0.5, 0.6) is 0 Å². The van der Waals surface area contributed by atoms with Crippen LogP contribution in [0.15, 0.2) is 40.3 Å². The van der Waals surface area contributed by atoms with Crippen molar-refractivity contribution in [2.24, 2.45) is 0 Å². The molecule has 0 atom stereocenters. The fraction of sp³-hybridized carbons (Fsp3) is 0.200. The molecule has 0 aliphatic carbocycles. The molecular formula is C10H11NS. The number of hydrogen-bond donors (Lipinski definition) is 0. The van der Waals surface area contributed by atoms with Crippen molar-refractivity contribution in [3.8, 4) is 0 Å². The fourth-order valence-corrected chi connectivity index (χ4v) is 2.41. The molecule has 1 nitrogen and oxygen atoms in total. The van der Waals surface area contributed by atoms with Gasteiger partial charge in [-0.25, -0.2) is 0 Å². The Kier molecular flexibility index (Phi) is 1.85. The summed E-state index contributed by atoms with van der Waals surface area (Å²) in [6.07, 6.45) is 2.14. The predicted octanol–water partition coefficient (Wildman–Crippen LogP) is 3.09. The van der Waals surface area contributed by atoms with E-state index in [9.17, 15) is 0 Å². The van der Waals surface area contributed by atoms with Crippen molar-refractivity contribution in [2.45, 2.75) is 11.8 Å². The van der Waals surface area contributed by atoms with Crippen LogP contribution in [0.3, 0.4) is 0 Å². The monoisotopic (exact) mass is 177 g/mol. The molecule has 0 radical (unpaired) electrons. The van der Waals surface area contributed by atoms with Gasteiger partial charge in [-0.15, -0.1) is 0 Å². The Bertz CT molecular complexity index is 330. The summed E-state index contributed by atoms with van der Waals surface area (Å²) in [6.45, 7) is 2.07. The van der Waals surface area contributed by atoms with Crippen LogP contribution in [0.4, 0.5) is 5.69 Å². The maximum atomic E-state index is 2.22. The standard InChI is InChI=1S/C10H11NS/c1-3-10-11(2)8-6-4-5-7-9(8)12-10/h3-7H,1-2H3/b10-3+. The van der Waals surface area contributed by atoms with Crippen LogP contribution in [0.2, 0.25) is 0 Å². The Labute approximate surface area is 77.1 Å².